The fourth-order valence-electron chi connectivity index (χ4n) is 3.45. The van der Waals surface area contributed by atoms with Gasteiger partial charge in [0.1, 0.15) is 6.61 Å². The topological polar surface area (TPSA) is 105 Å². The number of rotatable bonds is 16. The predicted octanol–water partition coefficient (Wildman–Crippen LogP) is 3.33. The van der Waals surface area contributed by atoms with Gasteiger partial charge in [-0.3, -0.25) is 14.4 Å². The van der Waals surface area contributed by atoms with Gasteiger partial charge in [-0.25, -0.2) is 0 Å². The minimum Gasteiger partial charge on any atom is -0.463 e. The van der Waals surface area contributed by atoms with Crippen molar-refractivity contribution in [2.24, 2.45) is 11.8 Å². The van der Waals surface area contributed by atoms with Gasteiger partial charge >= 0.3 is 5.97 Å². The summed E-state index contributed by atoms with van der Waals surface area (Å²) in [4.78, 5) is 37.9. The fraction of sp³-hybridized carbons (Fsp3) is 0.519. The van der Waals surface area contributed by atoms with Gasteiger partial charge in [0.25, 0.3) is 0 Å². The van der Waals surface area contributed by atoms with E-state index in [1.807, 2.05) is 30.3 Å². The highest BCUT2D eigenvalue weighted by molar-refractivity contribution is 5.86. The first-order valence-electron chi connectivity index (χ1n) is 11.8. The Labute approximate surface area is 203 Å². The molecule has 188 valence electrons. The monoisotopic (exact) mass is 472 g/mol. The van der Waals surface area contributed by atoms with Gasteiger partial charge in [-0.2, -0.15) is 0 Å². The molecule has 0 fully saturated rings. The third-order valence-corrected chi connectivity index (χ3v) is 5.35. The average Bonchev–Trinajstić information content (AvgIpc) is 2.80. The number of carbonyl (C=O) groups excluding carboxylic acids is 3. The first-order chi connectivity index (χ1) is 16.1. The number of ether oxygens (including phenoxy) is 1. The normalized spacial score (nSPS) is 13.8. The smallest absolute Gasteiger partial charge is 0.309 e. The van der Waals surface area contributed by atoms with E-state index in [4.69, 9.17) is 9.84 Å². The lowest BCUT2D eigenvalue weighted by Crippen LogP contribution is -2.50. The molecule has 3 atom stereocenters. The Bertz CT molecular complexity index is 806. The lowest BCUT2D eigenvalue weighted by molar-refractivity contribution is -0.151. The maximum atomic E-state index is 12.9. The summed E-state index contributed by atoms with van der Waals surface area (Å²) in [6.07, 6.45) is 5.57. The highest BCUT2D eigenvalue weighted by Gasteiger charge is 2.29. The van der Waals surface area contributed by atoms with Crippen molar-refractivity contribution in [3.63, 3.8) is 0 Å². The van der Waals surface area contributed by atoms with Gasteiger partial charge in [-0.1, -0.05) is 42.5 Å². The molecule has 0 aliphatic heterocycles. The Hall–Kier alpha value is -2.93. The zero-order valence-electron chi connectivity index (χ0n) is 20.7. The quantitative estimate of drug-likeness (QED) is 0.253. The largest absolute Gasteiger partial charge is 0.463 e. The summed E-state index contributed by atoms with van der Waals surface area (Å²) >= 11 is 0. The molecule has 0 aromatic heterocycles. The Morgan fingerprint density at radius 3 is 2.38 bits per heavy atom. The van der Waals surface area contributed by atoms with Crippen molar-refractivity contribution in [1.82, 2.24) is 10.6 Å². The minimum absolute atomic E-state index is 0.00546. The molecule has 0 radical (unpaired) electrons. The van der Waals surface area contributed by atoms with E-state index < -0.39 is 11.5 Å². The molecule has 7 nitrogen and oxygen atoms in total. The van der Waals surface area contributed by atoms with Crippen molar-refractivity contribution in [3.05, 3.63) is 61.2 Å². The summed E-state index contributed by atoms with van der Waals surface area (Å²) < 4.78 is 5.61. The Kier molecular flexibility index (Phi) is 12.9. The van der Waals surface area contributed by atoms with Crippen LogP contribution in [0, 0.1) is 11.8 Å². The van der Waals surface area contributed by atoms with Gasteiger partial charge < -0.3 is 20.5 Å². The lowest BCUT2D eigenvalue weighted by Gasteiger charge is -2.29. The number of aliphatic hydroxyl groups is 1. The molecule has 34 heavy (non-hydrogen) atoms. The molecule has 0 unspecified atom stereocenters. The molecule has 0 saturated carbocycles. The third kappa shape index (κ3) is 11.3. The second-order valence-electron chi connectivity index (χ2n) is 9.31. The van der Waals surface area contributed by atoms with Crippen LogP contribution in [-0.4, -0.2) is 47.7 Å². The van der Waals surface area contributed by atoms with Crippen LogP contribution in [0.25, 0.3) is 0 Å². The van der Waals surface area contributed by atoms with Crippen molar-refractivity contribution in [3.8, 4) is 0 Å². The van der Waals surface area contributed by atoms with E-state index in [2.05, 4.69) is 23.8 Å². The number of carbonyl (C=O) groups is 3. The van der Waals surface area contributed by atoms with Crippen LogP contribution >= 0.6 is 0 Å². The van der Waals surface area contributed by atoms with Crippen LogP contribution in [0.1, 0.15) is 52.0 Å². The number of hydrogen-bond donors (Lipinski definition) is 3. The standard InChI is InChI=1S/C27H40N2O5/c1-6-8-15-23(16-21-13-10-9-11-14-21)26(33)34-19-27(4,5)29-25(32)22(12-7-2)17-24(31)28-20(3)18-30/h6-7,9-11,13-14,20,22-23,30H,1-2,8,12,15-19H2,3-5H3,(H,28,31)(H,29,32)/t20-,22-,23+/m0/s1. The van der Waals surface area contributed by atoms with Crippen LogP contribution < -0.4 is 10.6 Å². The zero-order valence-corrected chi connectivity index (χ0v) is 20.7. The molecule has 0 aliphatic rings. The van der Waals surface area contributed by atoms with E-state index in [9.17, 15) is 14.4 Å². The molecule has 7 heteroatoms. The van der Waals surface area contributed by atoms with Crippen LogP contribution in [0.2, 0.25) is 0 Å². The maximum Gasteiger partial charge on any atom is 0.309 e. The average molecular weight is 473 g/mol. The van der Waals surface area contributed by atoms with E-state index in [0.29, 0.717) is 25.7 Å². The van der Waals surface area contributed by atoms with Gasteiger partial charge in [-0.05, 0) is 52.0 Å². The molecule has 1 rings (SSSR count). The van der Waals surface area contributed by atoms with Crippen molar-refractivity contribution < 1.29 is 24.2 Å². The predicted molar refractivity (Wildman–Crippen MR) is 134 cm³/mol. The first kappa shape index (κ1) is 29.1. The SMILES string of the molecule is C=CCC[C@H](Cc1ccccc1)C(=O)OCC(C)(C)NC(=O)[C@@H](CC=C)CC(=O)N[C@@H](C)CO. The first-order valence-corrected chi connectivity index (χ1v) is 11.8. The van der Waals surface area contributed by atoms with Crippen LogP contribution in [0.4, 0.5) is 0 Å². The maximum absolute atomic E-state index is 12.9. The Morgan fingerprint density at radius 2 is 1.79 bits per heavy atom. The summed E-state index contributed by atoms with van der Waals surface area (Å²) in [5, 5.41) is 14.6. The number of nitrogens with one attached hydrogen (secondary N) is 2. The van der Waals surface area contributed by atoms with E-state index in [0.717, 1.165) is 5.56 Å². The van der Waals surface area contributed by atoms with Crippen molar-refractivity contribution >= 4 is 17.8 Å². The van der Waals surface area contributed by atoms with E-state index in [1.54, 1.807) is 32.9 Å². The van der Waals surface area contributed by atoms with E-state index in [-0.39, 0.29) is 49.4 Å². The van der Waals surface area contributed by atoms with Crippen LogP contribution in [0.3, 0.4) is 0 Å². The highest BCUT2D eigenvalue weighted by atomic mass is 16.5. The summed E-state index contributed by atoms with van der Waals surface area (Å²) in [5.74, 6) is -1.87. The molecular formula is C27H40N2O5. The molecule has 0 aliphatic carbocycles. The summed E-state index contributed by atoms with van der Waals surface area (Å²) in [5.41, 5.74) is 0.235. The molecule has 1 aromatic carbocycles. The minimum atomic E-state index is -0.823. The van der Waals surface area contributed by atoms with Crippen LogP contribution in [0.5, 0.6) is 0 Å². The van der Waals surface area contributed by atoms with E-state index in [1.165, 1.54) is 0 Å². The summed E-state index contributed by atoms with van der Waals surface area (Å²) in [7, 11) is 0. The number of benzene rings is 1. The Morgan fingerprint density at radius 1 is 1.12 bits per heavy atom. The Balaban J connectivity index is 2.71. The molecule has 0 heterocycles. The number of hydrogen-bond acceptors (Lipinski definition) is 5. The number of amides is 2. The molecule has 0 bridgehead atoms. The zero-order chi connectivity index (χ0) is 25.6. The van der Waals surface area contributed by atoms with Gasteiger partial charge in [0.2, 0.25) is 11.8 Å². The van der Waals surface area contributed by atoms with Gasteiger partial charge in [0.05, 0.1) is 24.0 Å². The third-order valence-electron chi connectivity index (χ3n) is 5.35. The highest BCUT2D eigenvalue weighted by Crippen LogP contribution is 2.18. The molecule has 0 spiro atoms. The number of aliphatic hydroxyl groups excluding tert-OH is 1. The van der Waals surface area contributed by atoms with Gasteiger partial charge in [0.15, 0.2) is 0 Å². The second-order valence-corrected chi connectivity index (χ2v) is 9.31. The molecule has 2 amide bonds. The number of allylic oxidation sites excluding steroid dienone is 2. The molecule has 3 N–H and O–H groups in total. The van der Waals surface area contributed by atoms with Gasteiger partial charge in [0, 0.05) is 12.5 Å². The van der Waals surface area contributed by atoms with Crippen molar-refractivity contribution in [1.29, 1.82) is 0 Å². The summed E-state index contributed by atoms with van der Waals surface area (Å²) in [6, 6.07) is 9.39. The lowest BCUT2D eigenvalue weighted by atomic mass is 9.94. The molecule has 1 aromatic rings. The van der Waals surface area contributed by atoms with E-state index >= 15 is 0 Å². The summed E-state index contributed by atoms with van der Waals surface area (Å²) in [6.45, 7) is 12.5. The number of esters is 1. The fourth-order valence-corrected chi connectivity index (χ4v) is 3.45. The van der Waals surface area contributed by atoms with Crippen LogP contribution in [-0.2, 0) is 25.5 Å². The van der Waals surface area contributed by atoms with Crippen LogP contribution in [0.15, 0.2) is 55.6 Å². The van der Waals surface area contributed by atoms with Crippen molar-refractivity contribution in [2.45, 2.75) is 64.5 Å². The molecular weight excluding hydrogens is 432 g/mol. The van der Waals surface area contributed by atoms with Crippen molar-refractivity contribution in [2.75, 3.05) is 13.2 Å². The second kappa shape index (κ2) is 15.1. The molecule has 0 saturated heterocycles. The van der Waals surface area contributed by atoms with Gasteiger partial charge in [-0.15, -0.1) is 13.2 Å².